The van der Waals surface area contributed by atoms with Crippen LogP contribution in [0.15, 0.2) is 36.4 Å². The van der Waals surface area contributed by atoms with Gasteiger partial charge >= 0.3 is 0 Å². The lowest BCUT2D eigenvalue weighted by Gasteiger charge is -2.22. The zero-order valence-electron chi connectivity index (χ0n) is 12.7. The van der Waals surface area contributed by atoms with Crippen molar-refractivity contribution in [2.75, 3.05) is 13.2 Å². The van der Waals surface area contributed by atoms with Crippen molar-refractivity contribution in [3.63, 3.8) is 0 Å². The SMILES string of the molecule is Cc1cc(C(=O)N(CCO)Cc2ccccc2F)cc(C)n1. The molecule has 1 aromatic heterocycles. The van der Waals surface area contributed by atoms with E-state index < -0.39 is 0 Å². The Morgan fingerprint density at radius 3 is 2.45 bits per heavy atom. The summed E-state index contributed by atoms with van der Waals surface area (Å²) in [6, 6.07) is 9.71. The largest absolute Gasteiger partial charge is 0.395 e. The van der Waals surface area contributed by atoms with Crippen LogP contribution in [0, 0.1) is 19.7 Å². The molecule has 0 saturated carbocycles. The second kappa shape index (κ2) is 7.13. The zero-order chi connectivity index (χ0) is 16.1. The molecule has 0 aliphatic rings. The van der Waals surface area contributed by atoms with Crippen LogP contribution in [-0.2, 0) is 6.54 Å². The number of carbonyl (C=O) groups is 1. The number of aliphatic hydroxyl groups is 1. The van der Waals surface area contributed by atoms with Gasteiger partial charge < -0.3 is 10.0 Å². The number of nitrogens with zero attached hydrogens (tertiary/aromatic N) is 2. The third-order valence-electron chi connectivity index (χ3n) is 3.30. The molecule has 4 nitrogen and oxygen atoms in total. The molecule has 0 atom stereocenters. The van der Waals surface area contributed by atoms with E-state index in [1.54, 1.807) is 30.3 Å². The summed E-state index contributed by atoms with van der Waals surface area (Å²) < 4.78 is 13.8. The Labute approximate surface area is 129 Å². The number of halogens is 1. The minimum absolute atomic E-state index is 0.118. The summed E-state index contributed by atoms with van der Waals surface area (Å²) in [6.07, 6.45) is 0. The number of pyridine rings is 1. The van der Waals surface area contributed by atoms with Crippen molar-refractivity contribution >= 4 is 5.91 Å². The maximum atomic E-state index is 13.8. The van der Waals surface area contributed by atoms with E-state index in [9.17, 15) is 14.3 Å². The van der Waals surface area contributed by atoms with Crippen molar-refractivity contribution in [1.29, 1.82) is 0 Å². The molecule has 1 heterocycles. The highest BCUT2D eigenvalue weighted by molar-refractivity contribution is 5.94. The van der Waals surface area contributed by atoms with Crippen molar-refractivity contribution in [3.8, 4) is 0 Å². The zero-order valence-corrected chi connectivity index (χ0v) is 12.7. The summed E-state index contributed by atoms with van der Waals surface area (Å²) in [4.78, 5) is 18.3. The van der Waals surface area contributed by atoms with Crippen LogP contribution in [0.25, 0.3) is 0 Å². The molecule has 0 bridgehead atoms. The number of aromatic nitrogens is 1. The van der Waals surface area contributed by atoms with Crippen molar-refractivity contribution < 1.29 is 14.3 Å². The van der Waals surface area contributed by atoms with Crippen LogP contribution in [0.5, 0.6) is 0 Å². The molecule has 116 valence electrons. The van der Waals surface area contributed by atoms with Gasteiger partial charge in [0.25, 0.3) is 5.91 Å². The molecule has 2 aromatic rings. The van der Waals surface area contributed by atoms with Gasteiger partial charge in [-0.05, 0) is 32.0 Å². The Balaban J connectivity index is 2.27. The molecule has 0 fully saturated rings. The van der Waals surface area contributed by atoms with Crippen LogP contribution in [0.3, 0.4) is 0 Å². The fraction of sp³-hybridized carbons (Fsp3) is 0.294. The first-order valence-corrected chi connectivity index (χ1v) is 7.10. The minimum Gasteiger partial charge on any atom is -0.395 e. The highest BCUT2D eigenvalue weighted by Gasteiger charge is 2.18. The van der Waals surface area contributed by atoms with Crippen LogP contribution in [0.1, 0.15) is 27.3 Å². The topological polar surface area (TPSA) is 53.4 Å². The van der Waals surface area contributed by atoms with Gasteiger partial charge in [0.1, 0.15) is 5.82 Å². The number of hydrogen-bond donors (Lipinski definition) is 1. The third kappa shape index (κ3) is 3.89. The Hall–Kier alpha value is -2.27. The first-order chi connectivity index (χ1) is 10.5. The van der Waals surface area contributed by atoms with E-state index in [0.29, 0.717) is 11.1 Å². The Morgan fingerprint density at radius 2 is 1.86 bits per heavy atom. The van der Waals surface area contributed by atoms with Gasteiger partial charge in [-0.15, -0.1) is 0 Å². The molecule has 1 aromatic carbocycles. The van der Waals surface area contributed by atoms with E-state index in [1.807, 2.05) is 13.8 Å². The van der Waals surface area contributed by atoms with Gasteiger partial charge in [-0.1, -0.05) is 18.2 Å². The van der Waals surface area contributed by atoms with Crippen molar-refractivity contribution in [2.24, 2.45) is 0 Å². The lowest BCUT2D eigenvalue weighted by Crippen LogP contribution is -2.33. The predicted molar refractivity (Wildman–Crippen MR) is 81.9 cm³/mol. The first kappa shape index (κ1) is 16.1. The second-order valence-corrected chi connectivity index (χ2v) is 5.18. The summed E-state index contributed by atoms with van der Waals surface area (Å²) in [5.41, 5.74) is 2.41. The lowest BCUT2D eigenvalue weighted by molar-refractivity contribution is 0.0705. The predicted octanol–water partition coefficient (Wildman–Crippen LogP) is 2.47. The highest BCUT2D eigenvalue weighted by atomic mass is 19.1. The molecule has 0 radical (unpaired) electrons. The fourth-order valence-corrected chi connectivity index (χ4v) is 2.35. The molecule has 2 rings (SSSR count). The molecule has 0 saturated heterocycles. The second-order valence-electron chi connectivity index (χ2n) is 5.18. The van der Waals surface area contributed by atoms with Gasteiger partial charge in [-0.2, -0.15) is 0 Å². The standard InChI is InChI=1S/C17H19FN2O2/c1-12-9-15(10-13(2)19-12)17(22)20(7-8-21)11-14-5-3-4-6-16(14)18/h3-6,9-10,21H,7-8,11H2,1-2H3. The Bertz CT molecular complexity index is 653. The van der Waals surface area contributed by atoms with Crippen LogP contribution in [0.4, 0.5) is 4.39 Å². The number of aliphatic hydroxyl groups excluding tert-OH is 1. The number of hydrogen-bond acceptors (Lipinski definition) is 3. The molecule has 1 amide bonds. The summed E-state index contributed by atoms with van der Waals surface area (Å²) in [7, 11) is 0. The molecule has 5 heteroatoms. The van der Waals surface area contributed by atoms with Crippen molar-refractivity contribution in [1.82, 2.24) is 9.88 Å². The molecule has 0 spiro atoms. The summed E-state index contributed by atoms with van der Waals surface area (Å²) in [6.45, 7) is 3.72. The maximum Gasteiger partial charge on any atom is 0.254 e. The fourth-order valence-electron chi connectivity index (χ4n) is 2.35. The van der Waals surface area contributed by atoms with Crippen LogP contribution in [-0.4, -0.2) is 34.0 Å². The van der Waals surface area contributed by atoms with E-state index in [4.69, 9.17) is 0 Å². The van der Waals surface area contributed by atoms with Crippen LogP contribution >= 0.6 is 0 Å². The number of rotatable bonds is 5. The average molecular weight is 302 g/mol. The summed E-state index contributed by atoms with van der Waals surface area (Å²) in [5, 5.41) is 9.19. The van der Waals surface area contributed by atoms with Crippen molar-refractivity contribution in [3.05, 3.63) is 64.7 Å². The van der Waals surface area contributed by atoms with Gasteiger partial charge in [0.05, 0.1) is 6.61 Å². The van der Waals surface area contributed by atoms with E-state index in [1.165, 1.54) is 11.0 Å². The van der Waals surface area contributed by atoms with Crippen LogP contribution in [0.2, 0.25) is 0 Å². The average Bonchev–Trinajstić information content (AvgIpc) is 2.47. The first-order valence-electron chi connectivity index (χ1n) is 7.10. The monoisotopic (exact) mass is 302 g/mol. The molecule has 0 aliphatic heterocycles. The van der Waals surface area contributed by atoms with Crippen molar-refractivity contribution in [2.45, 2.75) is 20.4 Å². The molecule has 22 heavy (non-hydrogen) atoms. The molecular formula is C17H19FN2O2. The molecule has 0 unspecified atom stereocenters. The maximum absolute atomic E-state index is 13.8. The van der Waals surface area contributed by atoms with E-state index >= 15 is 0 Å². The van der Waals surface area contributed by atoms with Gasteiger partial charge in [-0.25, -0.2) is 4.39 Å². The number of aryl methyl sites for hydroxylation is 2. The molecule has 0 aliphatic carbocycles. The lowest BCUT2D eigenvalue weighted by atomic mass is 10.1. The highest BCUT2D eigenvalue weighted by Crippen LogP contribution is 2.14. The van der Waals surface area contributed by atoms with Gasteiger partial charge in [0.15, 0.2) is 0 Å². The third-order valence-corrected chi connectivity index (χ3v) is 3.30. The van der Waals surface area contributed by atoms with E-state index in [-0.39, 0.29) is 31.4 Å². The normalized spacial score (nSPS) is 10.5. The quantitative estimate of drug-likeness (QED) is 0.923. The van der Waals surface area contributed by atoms with E-state index in [2.05, 4.69) is 4.98 Å². The number of benzene rings is 1. The van der Waals surface area contributed by atoms with Gasteiger partial charge in [0, 0.05) is 35.6 Å². The Kier molecular flexibility index (Phi) is 5.22. The van der Waals surface area contributed by atoms with Gasteiger partial charge in [-0.3, -0.25) is 9.78 Å². The molecule has 1 N–H and O–H groups in total. The molecular weight excluding hydrogens is 283 g/mol. The number of amides is 1. The summed E-state index contributed by atoms with van der Waals surface area (Å²) >= 11 is 0. The summed E-state index contributed by atoms with van der Waals surface area (Å²) in [5.74, 6) is -0.605. The smallest absolute Gasteiger partial charge is 0.254 e. The van der Waals surface area contributed by atoms with Crippen LogP contribution < -0.4 is 0 Å². The minimum atomic E-state index is -0.361. The van der Waals surface area contributed by atoms with Gasteiger partial charge in [0.2, 0.25) is 0 Å². The number of carbonyl (C=O) groups excluding carboxylic acids is 1. The Morgan fingerprint density at radius 1 is 1.23 bits per heavy atom. The van der Waals surface area contributed by atoms with E-state index in [0.717, 1.165) is 11.4 Å².